The van der Waals surface area contributed by atoms with Crippen molar-refractivity contribution >= 4 is 27.3 Å². The van der Waals surface area contributed by atoms with E-state index in [1.54, 1.807) is 24.3 Å². The molecule has 6 heteroatoms. The fourth-order valence-electron chi connectivity index (χ4n) is 3.00. The minimum Gasteiger partial charge on any atom is -0.322 e. The predicted octanol–water partition coefficient (Wildman–Crippen LogP) is 3.19. The summed E-state index contributed by atoms with van der Waals surface area (Å²) >= 11 is 0. The zero-order valence-electron chi connectivity index (χ0n) is 13.5. The molecule has 2 N–H and O–H groups in total. The Morgan fingerprint density at radius 1 is 1.00 bits per heavy atom. The number of fused-ring (bicyclic) bond motifs is 1. The second kappa shape index (κ2) is 6.65. The Hall–Kier alpha value is -2.34. The second-order valence-corrected chi connectivity index (χ2v) is 7.80. The van der Waals surface area contributed by atoms with Crippen LogP contribution in [0.15, 0.2) is 42.5 Å². The van der Waals surface area contributed by atoms with Crippen LogP contribution < -0.4 is 10.0 Å². The molecule has 0 spiro atoms. The zero-order chi connectivity index (χ0) is 17.2. The van der Waals surface area contributed by atoms with Gasteiger partial charge in [-0.15, -0.1) is 0 Å². The van der Waals surface area contributed by atoms with Crippen molar-refractivity contribution in [1.82, 2.24) is 0 Å². The van der Waals surface area contributed by atoms with E-state index < -0.39 is 10.0 Å². The van der Waals surface area contributed by atoms with Gasteiger partial charge < -0.3 is 5.32 Å². The second-order valence-electron chi connectivity index (χ2n) is 6.06. The van der Waals surface area contributed by atoms with E-state index >= 15 is 0 Å². The molecule has 0 radical (unpaired) electrons. The van der Waals surface area contributed by atoms with Gasteiger partial charge in [0.25, 0.3) is 5.91 Å². The number of carbonyl (C=O) groups is 1. The summed E-state index contributed by atoms with van der Waals surface area (Å²) in [5, 5.41) is 2.98. The van der Waals surface area contributed by atoms with Crippen LogP contribution in [-0.2, 0) is 22.9 Å². The normalized spacial score (nSPS) is 13.9. The van der Waals surface area contributed by atoms with Crippen molar-refractivity contribution in [1.29, 1.82) is 0 Å². The van der Waals surface area contributed by atoms with Gasteiger partial charge in [-0.2, -0.15) is 0 Å². The molecular weight excluding hydrogens is 324 g/mol. The Bertz CT molecular complexity index is 858. The molecule has 0 heterocycles. The first-order valence-corrected chi connectivity index (χ1v) is 9.81. The number of hydrogen-bond donors (Lipinski definition) is 2. The fourth-order valence-corrected chi connectivity index (χ4v) is 3.56. The number of carbonyl (C=O) groups excluding carboxylic acids is 1. The molecule has 0 aromatic heterocycles. The van der Waals surface area contributed by atoms with Crippen molar-refractivity contribution in [3.63, 3.8) is 0 Å². The van der Waals surface area contributed by atoms with Crippen molar-refractivity contribution in [2.75, 3.05) is 16.3 Å². The molecule has 0 fully saturated rings. The number of anilines is 2. The molecule has 126 valence electrons. The third-order valence-electron chi connectivity index (χ3n) is 4.09. The van der Waals surface area contributed by atoms with E-state index in [4.69, 9.17) is 0 Å². The van der Waals surface area contributed by atoms with E-state index in [0.29, 0.717) is 11.3 Å². The van der Waals surface area contributed by atoms with Crippen LogP contribution in [-0.4, -0.2) is 20.6 Å². The molecule has 0 aliphatic heterocycles. The Kier molecular flexibility index (Phi) is 4.57. The van der Waals surface area contributed by atoms with E-state index in [-0.39, 0.29) is 5.91 Å². The van der Waals surface area contributed by atoms with Crippen LogP contribution >= 0.6 is 0 Å². The summed E-state index contributed by atoms with van der Waals surface area (Å²) in [6, 6.07) is 12.4. The highest BCUT2D eigenvalue weighted by molar-refractivity contribution is 7.92. The molecule has 0 saturated carbocycles. The molecule has 5 nitrogen and oxygen atoms in total. The molecular formula is C18H20N2O3S. The lowest BCUT2D eigenvalue weighted by Crippen LogP contribution is -2.15. The number of rotatable bonds is 4. The van der Waals surface area contributed by atoms with Crippen LogP contribution in [0.25, 0.3) is 0 Å². The summed E-state index contributed by atoms with van der Waals surface area (Å²) < 4.78 is 24.8. The van der Waals surface area contributed by atoms with Crippen molar-refractivity contribution in [3.05, 3.63) is 59.2 Å². The summed E-state index contributed by atoms with van der Waals surface area (Å²) in [5.41, 5.74) is 4.34. The van der Waals surface area contributed by atoms with E-state index in [0.717, 1.165) is 31.2 Å². The molecule has 0 saturated heterocycles. The number of aryl methyl sites for hydroxylation is 1. The first-order valence-electron chi connectivity index (χ1n) is 7.92. The van der Waals surface area contributed by atoms with Gasteiger partial charge in [0.15, 0.2) is 0 Å². The molecule has 0 atom stereocenters. The Morgan fingerprint density at radius 2 is 1.71 bits per heavy atom. The summed E-state index contributed by atoms with van der Waals surface area (Å²) in [7, 11) is -3.32. The van der Waals surface area contributed by atoms with Crippen molar-refractivity contribution in [2.45, 2.75) is 25.7 Å². The van der Waals surface area contributed by atoms with Crippen molar-refractivity contribution in [3.8, 4) is 0 Å². The van der Waals surface area contributed by atoms with Crippen LogP contribution in [0.1, 0.15) is 34.3 Å². The third kappa shape index (κ3) is 3.94. The lowest BCUT2D eigenvalue weighted by Gasteiger charge is -2.19. The average Bonchev–Trinajstić information content (AvgIpc) is 2.54. The highest BCUT2D eigenvalue weighted by atomic mass is 32.2. The Morgan fingerprint density at radius 3 is 2.42 bits per heavy atom. The summed E-state index contributed by atoms with van der Waals surface area (Å²) in [6.07, 6.45) is 5.48. The maximum absolute atomic E-state index is 12.4. The lowest BCUT2D eigenvalue weighted by molar-refractivity contribution is 0.102. The highest BCUT2D eigenvalue weighted by Crippen LogP contribution is 2.28. The van der Waals surface area contributed by atoms with Crippen LogP contribution in [0.2, 0.25) is 0 Å². The molecule has 1 aliphatic rings. The molecule has 2 aromatic carbocycles. The molecule has 2 aromatic rings. The Balaban J connectivity index is 1.76. The molecule has 0 unspecified atom stereocenters. The van der Waals surface area contributed by atoms with Gasteiger partial charge in [0.05, 0.1) is 6.26 Å². The largest absolute Gasteiger partial charge is 0.322 e. The van der Waals surface area contributed by atoms with Crippen LogP contribution in [0.3, 0.4) is 0 Å². The van der Waals surface area contributed by atoms with E-state index in [1.807, 2.05) is 12.1 Å². The van der Waals surface area contributed by atoms with Gasteiger partial charge in [0.2, 0.25) is 10.0 Å². The monoisotopic (exact) mass is 344 g/mol. The van der Waals surface area contributed by atoms with E-state index in [1.165, 1.54) is 17.5 Å². The molecule has 1 amide bonds. The topological polar surface area (TPSA) is 75.3 Å². The molecule has 3 rings (SSSR count). The number of nitrogens with one attached hydrogen (secondary N) is 2. The summed E-state index contributed by atoms with van der Waals surface area (Å²) in [5.74, 6) is -0.195. The van der Waals surface area contributed by atoms with E-state index in [2.05, 4.69) is 16.1 Å². The average molecular weight is 344 g/mol. The highest BCUT2D eigenvalue weighted by Gasteiger charge is 2.15. The maximum Gasteiger partial charge on any atom is 0.255 e. The van der Waals surface area contributed by atoms with Gasteiger partial charge in [0, 0.05) is 16.9 Å². The molecule has 24 heavy (non-hydrogen) atoms. The lowest BCUT2D eigenvalue weighted by atomic mass is 9.90. The number of benzene rings is 2. The van der Waals surface area contributed by atoms with Gasteiger partial charge in [0.1, 0.15) is 0 Å². The predicted molar refractivity (Wildman–Crippen MR) is 95.9 cm³/mol. The summed E-state index contributed by atoms with van der Waals surface area (Å²) in [6.45, 7) is 0. The third-order valence-corrected chi connectivity index (χ3v) is 4.70. The van der Waals surface area contributed by atoms with E-state index in [9.17, 15) is 13.2 Å². The van der Waals surface area contributed by atoms with Crippen molar-refractivity contribution < 1.29 is 13.2 Å². The molecule has 1 aliphatic carbocycles. The number of sulfonamides is 1. The molecule has 0 bridgehead atoms. The number of amides is 1. The van der Waals surface area contributed by atoms with Crippen LogP contribution in [0.5, 0.6) is 0 Å². The van der Waals surface area contributed by atoms with Crippen LogP contribution in [0.4, 0.5) is 11.4 Å². The standard InChI is InChI=1S/C18H20N2O3S/c1-24(22,23)20-15-11-9-14(10-12-15)18(21)19-17-8-4-6-13-5-2-3-7-16(13)17/h4,6,8-12,20H,2-3,5,7H2,1H3,(H,19,21). The minimum atomic E-state index is -3.32. The van der Waals surface area contributed by atoms with Gasteiger partial charge >= 0.3 is 0 Å². The number of hydrogen-bond acceptors (Lipinski definition) is 3. The SMILES string of the molecule is CS(=O)(=O)Nc1ccc(C(=O)Nc2cccc3c2CCCC3)cc1. The zero-order valence-corrected chi connectivity index (χ0v) is 14.3. The van der Waals surface area contributed by atoms with Gasteiger partial charge in [-0.3, -0.25) is 9.52 Å². The van der Waals surface area contributed by atoms with Gasteiger partial charge in [-0.1, -0.05) is 12.1 Å². The van der Waals surface area contributed by atoms with Crippen molar-refractivity contribution in [2.24, 2.45) is 0 Å². The maximum atomic E-state index is 12.4. The summed E-state index contributed by atoms with van der Waals surface area (Å²) in [4.78, 5) is 12.4. The Labute approximate surface area is 142 Å². The smallest absolute Gasteiger partial charge is 0.255 e. The fraction of sp³-hybridized carbons (Fsp3) is 0.278. The minimum absolute atomic E-state index is 0.195. The first kappa shape index (κ1) is 16.5. The quantitative estimate of drug-likeness (QED) is 0.894. The van der Waals surface area contributed by atoms with Crippen LogP contribution in [0, 0.1) is 0 Å². The van der Waals surface area contributed by atoms with Gasteiger partial charge in [-0.25, -0.2) is 8.42 Å². The first-order chi connectivity index (χ1) is 11.4. The van der Waals surface area contributed by atoms with Gasteiger partial charge in [-0.05, 0) is 67.1 Å².